The Labute approximate surface area is 150 Å². The molecule has 1 heterocycles. The Morgan fingerprint density at radius 2 is 1.88 bits per heavy atom. The average molecular weight is 358 g/mol. The van der Waals surface area contributed by atoms with Gasteiger partial charge < -0.3 is 10.4 Å². The van der Waals surface area contributed by atoms with E-state index in [-0.39, 0.29) is 22.8 Å². The van der Waals surface area contributed by atoms with Gasteiger partial charge in [-0.15, -0.1) is 0 Å². The molecule has 26 heavy (non-hydrogen) atoms. The lowest BCUT2D eigenvalue weighted by Gasteiger charge is -2.28. The van der Waals surface area contributed by atoms with Crippen LogP contribution in [0.15, 0.2) is 36.4 Å². The highest BCUT2D eigenvalue weighted by Crippen LogP contribution is 2.47. The second-order valence-corrected chi connectivity index (χ2v) is 7.26. The predicted molar refractivity (Wildman–Crippen MR) is 91.5 cm³/mol. The van der Waals surface area contributed by atoms with Crippen LogP contribution in [0, 0.1) is 11.8 Å². The van der Waals surface area contributed by atoms with Crippen LogP contribution in [0.5, 0.6) is 0 Å². The van der Waals surface area contributed by atoms with Gasteiger partial charge in [0, 0.05) is 12.0 Å². The molecule has 1 fully saturated rings. The molecule has 1 aromatic heterocycles. The molecule has 1 saturated carbocycles. The summed E-state index contributed by atoms with van der Waals surface area (Å²) < 4.78 is 26.5. The largest absolute Gasteiger partial charge is 0.387 e. The number of hydrogen-bond acceptors (Lipinski definition) is 3. The molecule has 6 heteroatoms. The Balaban J connectivity index is 1.48. The van der Waals surface area contributed by atoms with E-state index < -0.39 is 18.0 Å². The molecule has 0 saturated heterocycles. The number of benzene rings is 1. The minimum atomic E-state index is -0.835. The third-order valence-electron chi connectivity index (χ3n) is 5.57. The van der Waals surface area contributed by atoms with Crippen molar-refractivity contribution in [3.63, 3.8) is 0 Å². The zero-order chi connectivity index (χ0) is 18.3. The third kappa shape index (κ3) is 3.09. The molecule has 4 nitrogen and oxygen atoms in total. The molecule has 2 aliphatic rings. The van der Waals surface area contributed by atoms with Crippen molar-refractivity contribution in [1.29, 1.82) is 0 Å². The Bertz CT molecular complexity index is 834. The van der Waals surface area contributed by atoms with E-state index in [1.54, 1.807) is 12.1 Å². The van der Waals surface area contributed by atoms with E-state index >= 15 is 0 Å². The number of nitrogens with one attached hydrogen (secondary N) is 1. The number of hydrogen-bond donors (Lipinski definition) is 2. The number of carbonyl (C=O) groups is 1. The fourth-order valence-electron chi connectivity index (χ4n) is 3.81. The van der Waals surface area contributed by atoms with E-state index in [4.69, 9.17) is 0 Å². The Kier molecular flexibility index (Phi) is 4.23. The van der Waals surface area contributed by atoms with Crippen LogP contribution in [-0.2, 0) is 10.2 Å². The van der Waals surface area contributed by atoms with Gasteiger partial charge in [0.25, 0.3) is 0 Å². The SMILES string of the molecule is O=C(NCC1(c2ccc(F)cc2)CC1)[C@H]1CC[C@H](O)c2nc(F)ccc21. The zero-order valence-corrected chi connectivity index (χ0v) is 14.2. The Hall–Kier alpha value is -2.34. The predicted octanol–water partition coefficient (Wildman–Crippen LogP) is 3.12. The van der Waals surface area contributed by atoms with Crippen LogP contribution in [0.25, 0.3) is 0 Å². The lowest BCUT2D eigenvalue weighted by atomic mass is 9.83. The van der Waals surface area contributed by atoms with Crippen molar-refractivity contribution >= 4 is 5.91 Å². The first-order valence-electron chi connectivity index (χ1n) is 8.87. The molecule has 0 spiro atoms. The van der Waals surface area contributed by atoms with Crippen LogP contribution in [-0.4, -0.2) is 22.5 Å². The summed E-state index contributed by atoms with van der Waals surface area (Å²) in [7, 11) is 0. The van der Waals surface area contributed by atoms with Crippen molar-refractivity contribution in [3.8, 4) is 0 Å². The molecule has 2 aliphatic carbocycles. The summed E-state index contributed by atoms with van der Waals surface area (Å²) in [5.74, 6) is -1.51. The maximum Gasteiger partial charge on any atom is 0.227 e. The van der Waals surface area contributed by atoms with Crippen molar-refractivity contribution in [2.45, 2.75) is 43.1 Å². The van der Waals surface area contributed by atoms with Gasteiger partial charge in [-0.3, -0.25) is 4.79 Å². The number of pyridine rings is 1. The number of nitrogens with zero attached hydrogens (tertiary/aromatic N) is 1. The summed E-state index contributed by atoms with van der Waals surface area (Å²) in [6.45, 7) is 0.487. The van der Waals surface area contributed by atoms with Crippen molar-refractivity contribution < 1.29 is 18.7 Å². The van der Waals surface area contributed by atoms with Gasteiger partial charge in [-0.2, -0.15) is 4.39 Å². The first-order chi connectivity index (χ1) is 12.5. The summed E-state index contributed by atoms with van der Waals surface area (Å²) >= 11 is 0. The number of carbonyl (C=O) groups excluding carboxylic acids is 1. The Morgan fingerprint density at radius 1 is 1.15 bits per heavy atom. The number of aliphatic hydroxyl groups is 1. The number of aromatic nitrogens is 1. The fourth-order valence-corrected chi connectivity index (χ4v) is 3.81. The molecule has 0 radical (unpaired) electrons. The summed E-state index contributed by atoms with van der Waals surface area (Å²) in [6, 6.07) is 9.18. The van der Waals surface area contributed by atoms with Gasteiger partial charge in [-0.1, -0.05) is 18.2 Å². The van der Waals surface area contributed by atoms with Crippen LogP contribution in [0.2, 0.25) is 0 Å². The fraction of sp³-hybridized carbons (Fsp3) is 0.400. The topological polar surface area (TPSA) is 62.2 Å². The molecule has 136 valence electrons. The number of rotatable bonds is 4. The van der Waals surface area contributed by atoms with E-state index in [0.29, 0.717) is 24.9 Å². The summed E-state index contributed by atoms with van der Waals surface area (Å²) in [6.07, 6.45) is 1.94. The minimum Gasteiger partial charge on any atom is -0.387 e. The molecule has 2 atom stereocenters. The van der Waals surface area contributed by atoms with Crippen molar-refractivity contribution in [2.24, 2.45) is 0 Å². The molecule has 2 aromatic rings. The van der Waals surface area contributed by atoms with Gasteiger partial charge in [0.1, 0.15) is 5.82 Å². The summed E-state index contributed by atoms with van der Waals surface area (Å²) in [4.78, 5) is 16.5. The van der Waals surface area contributed by atoms with Gasteiger partial charge in [0.05, 0.1) is 17.7 Å². The molecule has 1 aromatic carbocycles. The van der Waals surface area contributed by atoms with Crippen LogP contribution in [0.4, 0.5) is 8.78 Å². The lowest BCUT2D eigenvalue weighted by molar-refractivity contribution is -0.123. The van der Waals surface area contributed by atoms with E-state index in [0.717, 1.165) is 18.4 Å². The average Bonchev–Trinajstić information content (AvgIpc) is 3.42. The Morgan fingerprint density at radius 3 is 2.58 bits per heavy atom. The first-order valence-corrected chi connectivity index (χ1v) is 8.87. The number of halogens is 2. The smallest absolute Gasteiger partial charge is 0.227 e. The molecule has 0 unspecified atom stereocenters. The summed E-state index contributed by atoms with van der Waals surface area (Å²) in [5.41, 5.74) is 1.76. The summed E-state index contributed by atoms with van der Waals surface area (Å²) in [5, 5.41) is 13.0. The minimum absolute atomic E-state index is 0.124. The molecule has 4 rings (SSSR count). The molecule has 1 amide bonds. The number of amides is 1. The molecular weight excluding hydrogens is 338 g/mol. The first kappa shape index (κ1) is 17.1. The van der Waals surface area contributed by atoms with E-state index in [1.165, 1.54) is 24.3 Å². The zero-order valence-electron chi connectivity index (χ0n) is 14.2. The molecule has 0 aliphatic heterocycles. The van der Waals surface area contributed by atoms with Gasteiger partial charge in [0.2, 0.25) is 11.9 Å². The highest BCUT2D eigenvalue weighted by atomic mass is 19.1. The normalized spacial score (nSPS) is 23.2. The molecule has 2 N–H and O–H groups in total. The number of aliphatic hydroxyl groups excluding tert-OH is 1. The van der Waals surface area contributed by atoms with Gasteiger partial charge in [0.15, 0.2) is 0 Å². The van der Waals surface area contributed by atoms with Gasteiger partial charge in [-0.05, 0) is 55.0 Å². The second kappa shape index (κ2) is 6.43. The van der Waals surface area contributed by atoms with E-state index in [2.05, 4.69) is 10.3 Å². The monoisotopic (exact) mass is 358 g/mol. The van der Waals surface area contributed by atoms with Crippen LogP contribution >= 0.6 is 0 Å². The quantitative estimate of drug-likeness (QED) is 0.826. The number of fused-ring (bicyclic) bond motifs is 1. The third-order valence-corrected chi connectivity index (χ3v) is 5.57. The lowest BCUT2D eigenvalue weighted by Crippen LogP contribution is -2.37. The van der Waals surface area contributed by atoms with Crippen molar-refractivity contribution in [1.82, 2.24) is 10.3 Å². The highest BCUT2D eigenvalue weighted by Gasteiger charge is 2.45. The van der Waals surface area contributed by atoms with Crippen LogP contribution in [0.1, 0.15) is 54.5 Å². The maximum atomic E-state index is 13.4. The second-order valence-electron chi connectivity index (χ2n) is 7.26. The highest BCUT2D eigenvalue weighted by molar-refractivity contribution is 5.84. The van der Waals surface area contributed by atoms with Crippen LogP contribution < -0.4 is 5.32 Å². The van der Waals surface area contributed by atoms with Crippen LogP contribution in [0.3, 0.4) is 0 Å². The molecule has 0 bridgehead atoms. The van der Waals surface area contributed by atoms with Gasteiger partial charge >= 0.3 is 0 Å². The van der Waals surface area contributed by atoms with E-state index in [1.807, 2.05) is 0 Å². The van der Waals surface area contributed by atoms with Crippen molar-refractivity contribution in [2.75, 3.05) is 6.54 Å². The standard InChI is InChI=1S/C20H20F2N2O2/c21-13-3-1-12(2-4-13)20(9-10-20)11-23-19(26)15-5-7-16(25)18-14(15)6-8-17(22)24-18/h1-4,6,8,15-16,25H,5,7,9-11H2,(H,23,26)/t15-,16-/m0/s1. The van der Waals surface area contributed by atoms with Crippen molar-refractivity contribution in [3.05, 3.63) is 65.0 Å². The molecular formula is C20H20F2N2O2. The van der Waals surface area contributed by atoms with Gasteiger partial charge in [-0.25, -0.2) is 9.37 Å². The maximum absolute atomic E-state index is 13.4. The van der Waals surface area contributed by atoms with E-state index in [9.17, 15) is 18.7 Å².